The van der Waals surface area contributed by atoms with Gasteiger partial charge in [-0.05, 0) is 37.0 Å². The normalized spacial score (nSPS) is 16.5. The summed E-state index contributed by atoms with van der Waals surface area (Å²) in [7, 11) is 0. The Kier molecular flexibility index (Phi) is 4.44. The topological polar surface area (TPSA) is 68.3 Å². The number of halogens is 1. The van der Waals surface area contributed by atoms with Gasteiger partial charge in [0, 0.05) is 18.8 Å². The van der Waals surface area contributed by atoms with Crippen LogP contribution in [0.4, 0.5) is 0 Å². The van der Waals surface area contributed by atoms with E-state index in [0.717, 1.165) is 26.1 Å². The zero-order valence-corrected chi connectivity index (χ0v) is 10.9. The average Bonchev–Trinajstić information content (AvgIpc) is 2.38. The van der Waals surface area contributed by atoms with E-state index in [9.17, 15) is 0 Å². The number of amidine groups is 1. The van der Waals surface area contributed by atoms with Crippen molar-refractivity contribution in [3.63, 3.8) is 0 Å². The minimum Gasteiger partial charge on any atom is -0.492 e. The molecule has 98 valence electrons. The second kappa shape index (κ2) is 6.07. The average molecular weight is 269 g/mol. The quantitative estimate of drug-likeness (QED) is 0.651. The van der Waals surface area contributed by atoms with E-state index in [-0.39, 0.29) is 5.84 Å². The second-order valence-electron chi connectivity index (χ2n) is 4.43. The highest BCUT2D eigenvalue weighted by Crippen LogP contribution is 2.26. The van der Waals surface area contributed by atoms with E-state index < -0.39 is 0 Å². The number of hydrogen-bond acceptors (Lipinski definition) is 3. The standard InChI is InChI=1S/C13H17ClN2O2/c14-11-7-10(13(15)16)1-2-12(11)18-8-9-3-5-17-6-4-9/h1-2,7,9H,3-6,8H2,(H3,15,16). The van der Waals surface area contributed by atoms with Crippen LogP contribution in [-0.4, -0.2) is 25.7 Å². The summed E-state index contributed by atoms with van der Waals surface area (Å²) in [5, 5.41) is 7.82. The highest BCUT2D eigenvalue weighted by molar-refractivity contribution is 6.32. The molecule has 0 atom stereocenters. The Morgan fingerprint density at radius 2 is 2.17 bits per heavy atom. The van der Waals surface area contributed by atoms with Crippen LogP contribution in [-0.2, 0) is 4.74 Å². The van der Waals surface area contributed by atoms with Gasteiger partial charge in [0.25, 0.3) is 0 Å². The molecule has 4 nitrogen and oxygen atoms in total. The molecule has 0 bridgehead atoms. The third-order valence-electron chi connectivity index (χ3n) is 3.06. The lowest BCUT2D eigenvalue weighted by Gasteiger charge is -2.22. The summed E-state index contributed by atoms with van der Waals surface area (Å²) < 4.78 is 11.0. The number of hydrogen-bond donors (Lipinski definition) is 2. The summed E-state index contributed by atoms with van der Waals surface area (Å²) in [5.74, 6) is 1.18. The van der Waals surface area contributed by atoms with Gasteiger partial charge in [0.1, 0.15) is 11.6 Å². The lowest BCUT2D eigenvalue weighted by molar-refractivity contribution is 0.0498. The molecule has 0 spiro atoms. The molecule has 3 N–H and O–H groups in total. The molecule has 1 aromatic rings. The molecular formula is C13H17ClN2O2. The molecule has 0 aliphatic carbocycles. The van der Waals surface area contributed by atoms with E-state index in [0.29, 0.717) is 28.9 Å². The van der Waals surface area contributed by atoms with Gasteiger partial charge in [-0.15, -0.1) is 0 Å². The third-order valence-corrected chi connectivity index (χ3v) is 3.35. The predicted octanol–water partition coefficient (Wildman–Crippen LogP) is 2.43. The third kappa shape index (κ3) is 3.37. The number of benzene rings is 1. The van der Waals surface area contributed by atoms with Crippen LogP contribution in [0, 0.1) is 11.3 Å². The fourth-order valence-corrected chi connectivity index (χ4v) is 2.14. The van der Waals surface area contributed by atoms with E-state index in [1.807, 2.05) is 0 Å². The summed E-state index contributed by atoms with van der Waals surface area (Å²) in [6, 6.07) is 5.16. The van der Waals surface area contributed by atoms with Crippen molar-refractivity contribution in [1.82, 2.24) is 0 Å². The highest BCUT2D eigenvalue weighted by atomic mass is 35.5. The van der Waals surface area contributed by atoms with Gasteiger partial charge in [-0.1, -0.05) is 11.6 Å². The molecule has 1 heterocycles. The minimum atomic E-state index is 0.00730. The SMILES string of the molecule is N=C(N)c1ccc(OCC2CCOCC2)c(Cl)c1. The summed E-state index contributed by atoms with van der Waals surface area (Å²) in [6.45, 7) is 2.28. The van der Waals surface area contributed by atoms with Gasteiger partial charge in [0.05, 0.1) is 11.6 Å². The second-order valence-corrected chi connectivity index (χ2v) is 4.83. The van der Waals surface area contributed by atoms with Gasteiger partial charge in [-0.3, -0.25) is 5.41 Å². The first-order valence-electron chi connectivity index (χ1n) is 6.01. The minimum absolute atomic E-state index is 0.00730. The Morgan fingerprint density at radius 3 is 2.78 bits per heavy atom. The Balaban J connectivity index is 1.94. The maximum Gasteiger partial charge on any atom is 0.137 e. The smallest absolute Gasteiger partial charge is 0.137 e. The Morgan fingerprint density at radius 1 is 1.44 bits per heavy atom. The van der Waals surface area contributed by atoms with E-state index in [1.54, 1.807) is 18.2 Å². The lowest BCUT2D eigenvalue weighted by atomic mass is 10.0. The van der Waals surface area contributed by atoms with E-state index in [4.69, 9.17) is 32.2 Å². The van der Waals surface area contributed by atoms with Crippen LogP contribution in [0.2, 0.25) is 5.02 Å². The Hall–Kier alpha value is -1.26. The molecule has 2 rings (SSSR count). The first kappa shape index (κ1) is 13.2. The van der Waals surface area contributed by atoms with E-state index >= 15 is 0 Å². The van der Waals surface area contributed by atoms with Crippen LogP contribution in [0.5, 0.6) is 5.75 Å². The monoisotopic (exact) mass is 268 g/mol. The molecule has 5 heteroatoms. The van der Waals surface area contributed by atoms with E-state index in [2.05, 4.69) is 0 Å². The molecule has 0 amide bonds. The maximum atomic E-state index is 7.33. The molecule has 1 fully saturated rings. The van der Waals surface area contributed by atoms with Crippen molar-refractivity contribution in [3.05, 3.63) is 28.8 Å². The maximum absolute atomic E-state index is 7.33. The number of nitrogens with one attached hydrogen (secondary N) is 1. The summed E-state index contributed by atoms with van der Waals surface area (Å²) in [6.07, 6.45) is 2.06. The number of ether oxygens (including phenoxy) is 2. The summed E-state index contributed by atoms with van der Waals surface area (Å²) >= 11 is 6.09. The predicted molar refractivity (Wildman–Crippen MR) is 71.5 cm³/mol. The Bertz CT molecular complexity index is 431. The van der Waals surface area contributed by atoms with Crippen molar-refractivity contribution < 1.29 is 9.47 Å². The largest absolute Gasteiger partial charge is 0.492 e. The van der Waals surface area contributed by atoms with Crippen LogP contribution in [0.1, 0.15) is 18.4 Å². The van der Waals surface area contributed by atoms with Crippen molar-refractivity contribution in [1.29, 1.82) is 5.41 Å². The van der Waals surface area contributed by atoms with Gasteiger partial charge in [0.15, 0.2) is 0 Å². The number of rotatable bonds is 4. The van der Waals surface area contributed by atoms with Crippen LogP contribution in [0.3, 0.4) is 0 Å². The highest BCUT2D eigenvalue weighted by Gasteiger charge is 2.15. The zero-order valence-electron chi connectivity index (χ0n) is 10.1. The van der Waals surface area contributed by atoms with Gasteiger partial charge < -0.3 is 15.2 Å². The number of nitrogens with two attached hydrogens (primary N) is 1. The van der Waals surface area contributed by atoms with Crippen LogP contribution >= 0.6 is 11.6 Å². The van der Waals surface area contributed by atoms with Gasteiger partial charge in [-0.2, -0.15) is 0 Å². The van der Waals surface area contributed by atoms with Crippen molar-refractivity contribution in [2.24, 2.45) is 11.7 Å². The molecule has 0 radical (unpaired) electrons. The molecule has 1 aliphatic rings. The molecule has 1 saturated heterocycles. The molecule has 18 heavy (non-hydrogen) atoms. The zero-order chi connectivity index (χ0) is 13.0. The van der Waals surface area contributed by atoms with Crippen LogP contribution in [0.15, 0.2) is 18.2 Å². The first-order chi connectivity index (χ1) is 8.66. The van der Waals surface area contributed by atoms with Crippen molar-refractivity contribution in [3.8, 4) is 5.75 Å². The fourth-order valence-electron chi connectivity index (χ4n) is 1.91. The lowest BCUT2D eigenvalue weighted by Crippen LogP contribution is -2.21. The van der Waals surface area contributed by atoms with Crippen molar-refractivity contribution in [2.75, 3.05) is 19.8 Å². The summed E-state index contributed by atoms with van der Waals surface area (Å²) in [5.41, 5.74) is 6.00. The molecule has 1 aliphatic heterocycles. The van der Waals surface area contributed by atoms with E-state index in [1.165, 1.54) is 0 Å². The fraction of sp³-hybridized carbons (Fsp3) is 0.462. The molecule has 0 aromatic heterocycles. The number of nitrogen functional groups attached to an aromatic ring is 1. The van der Waals surface area contributed by atoms with Crippen molar-refractivity contribution in [2.45, 2.75) is 12.8 Å². The van der Waals surface area contributed by atoms with Gasteiger partial charge in [-0.25, -0.2) is 0 Å². The molecule has 0 unspecified atom stereocenters. The van der Waals surface area contributed by atoms with Crippen LogP contribution < -0.4 is 10.5 Å². The summed E-state index contributed by atoms with van der Waals surface area (Å²) in [4.78, 5) is 0. The first-order valence-corrected chi connectivity index (χ1v) is 6.39. The molecule has 0 saturated carbocycles. The molecular weight excluding hydrogens is 252 g/mol. The Labute approximate surface area is 112 Å². The van der Waals surface area contributed by atoms with Gasteiger partial charge in [0.2, 0.25) is 0 Å². The molecule has 1 aromatic carbocycles. The van der Waals surface area contributed by atoms with Crippen molar-refractivity contribution >= 4 is 17.4 Å². The van der Waals surface area contributed by atoms with Crippen LogP contribution in [0.25, 0.3) is 0 Å². The van der Waals surface area contributed by atoms with Gasteiger partial charge >= 0.3 is 0 Å².